The van der Waals surface area contributed by atoms with Crippen molar-refractivity contribution < 1.29 is 24.2 Å². The SMILES string of the molecule is CC(=O)Oc1ccc(N2C[C@H](C(=O)O)CC2=O)cc1. The third-order valence-electron chi connectivity index (χ3n) is 2.88. The van der Waals surface area contributed by atoms with Crippen molar-refractivity contribution in [1.29, 1.82) is 0 Å². The molecule has 6 heteroatoms. The Bertz CT molecular complexity index is 522. The van der Waals surface area contributed by atoms with Crippen molar-refractivity contribution in [3.63, 3.8) is 0 Å². The molecule has 0 radical (unpaired) electrons. The van der Waals surface area contributed by atoms with Gasteiger partial charge >= 0.3 is 11.9 Å². The largest absolute Gasteiger partial charge is 0.481 e. The van der Waals surface area contributed by atoms with Gasteiger partial charge in [0.25, 0.3) is 0 Å². The summed E-state index contributed by atoms with van der Waals surface area (Å²) in [5.41, 5.74) is 0.602. The van der Waals surface area contributed by atoms with Crippen LogP contribution in [0.5, 0.6) is 5.75 Å². The standard InChI is InChI=1S/C13H13NO5/c1-8(15)19-11-4-2-10(3-5-11)14-7-9(13(17)18)6-12(14)16/h2-5,9H,6-7H2,1H3,(H,17,18)/t9-/m1/s1. The van der Waals surface area contributed by atoms with E-state index in [0.29, 0.717) is 11.4 Å². The highest BCUT2D eigenvalue weighted by molar-refractivity contribution is 5.99. The molecule has 0 aliphatic carbocycles. The first-order chi connectivity index (χ1) is 8.97. The predicted octanol–water partition coefficient (Wildman–Crippen LogP) is 1.05. The Hall–Kier alpha value is -2.37. The number of hydrogen-bond donors (Lipinski definition) is 1. The normalized spacial score (nSPS) is 18.5. The molecule has 2 rings (SSSR count). The second-order valence-electron chi connectivity index (χ2n) is 4.33. The Morgan fingerprint density at radius 3 is 2.42 bits per heavy atom. The molecule has 1 heterocycles. The number of ether oxygens (including phenoxy) is 1. The van der Waals surface area contributed by atoms with Gasteiger partial charge in [-0.2, -0.15) is 0 Å². The zero-order valence-electron chi connectivity index (χ0n) is 10.3. The Kier molecular flexibility index (Phi) is 3.50. The van der Waals surface area contributed by atoms with E-state index < -0.39 is 17.9 Å². The third-order valence-corrected chi connectivity index (χ3v) is 2.88. The number of carboxylic acids is 1. The van der Waals surface area contributed by atoms with Crippen molar-refractivity contribution in [2.24, 2.45) is 5.92 Å². The second kappa shape index (κ2) is 5.09. The smallest absolute Gasteiger partial charge is 0.308 e. The topological polar surface area (TPSA) is 83.9 Å². The summed E-state index contributed by atoms with van der Waals surface area (Å²) in [6.45, 7) is 1.47. The molecule has 1 atom stereocenters. The fourth-order valence-electron chi connectivity index (χ4n) is 1.98. The van der Waals surface area contributed by atoms with Crippen molar-refractivity contribution in [2.75, 3.05) is 11.4 Å². The van der Waals surface area contributed by atoms with Gasteiger partial charge < -0.3 is 14.7 Å². The first kappa shape index (κ1) is 13.1. The highest BCUT2D eigenvalue weighted by Crippen LogP contribution is 2.26. The number of carbonyl (C=O) groups is 3. The van der Waals surface area contributed by atoms with Crippen molar-refractivity contribution in [3.05, 3.63) is 24.3 Å². The van der Waals surface area contributed by atoms with Crippen LogP contribution >= 0.6 is 0 Å². The van der Waals surface area contributed by atoms with Gasteiger partial charge in [0.2, 0.25) is 5.91 Å². The maximum Gasteiger partial charge on any atom is 0.308 e. The molecular formula is C13H13NO5. The molecule has 1 amide bonds. The minimum atomic E-state index is -0.965. The van der Waals surface area contributed by atoms with E-state index in [0.717, 1.165) is 0 Å². The van der Waals surface area contributed by atoms with Crippen molar-refractivity contribution >= 4 is 23.5 Å². The van der Waals surface area contributed by atoms with Gasteiger partial charge in [0.05, 0.1) is 5.92 Å². The fraction of sp³-hybridized carbons (Fsp3) is 0.308. The van der Waals surface area contributed by atoms with Gasteiger partial charge in [0.1, 0.15) is 5.75 Å². The Balaban J connectivity index is 2.12. The average molecular weight is 263 g/mol. The Morgan fingerprint density at radius 2 is 1.95 bits per heavy atom. The highest BCUT2D eigenvalue weighted by Gasteiger charge is 2.34. The van der Waals surface area contributed by atoms with Gasteiger partial charge in [0.15, 0.2) is 0 Å². The van der Waals surface area contributed by atoms with Gasteiger partial charge in [-0.05, 0) is 24.3 Å². The first-order valence-corrected chi connectivity index (χ1v) is 5.79. The lowest BCUT2D eigenvalue weighted by molar-refractivity contribution is -0.141. The molecule has 0 bridgehead atoms. The lowest BCUT2D eigenvalue weighted by Crippen LogP contribution is -2.25. The molecule has 0 unspecified atom stereocenters. The molecule has 0 aromatic heterocycles. The maximum atomic E-state index is 11.7. The van der Waals surface area contributed by atoms with Crippen LogP contribution in [0.1, 0.15) is 13.3 Å². The number of carbonyl (C=O) groups excluding carboxylic acids is 2. The van der Waals surface area contributed by atoms with Crippen molar-refractivity contribution in [3.8, 4) is 5.75 Å². The van der Waals surface area contributed by atoms with E-state index >= 15 is 0 Å². The monoisotopic (exact) mass is 263 g/mol. The Labute approximate surface area is 109 Å². The molecular weight excluding hydrogens is 250 g/mol. The summed E-state index contributed by atoms with van der Waals surface area (Å²) < 4.78 is 4.88. The molecule has 1 aliphatic rings. The van der Waals surface area contributed by atoms with Gasteiger partial charge in [-0.3, -0.25) is 14.4 Å². The van der Waals surface area contributed by atoms with Gasteiger partial charge in [-0.25, -0.2) is 0 Å². The van der Waals surface area contributed by atoms with Crippen LogP contribution in [0.4, 0.5) is 5.69 Å². The summed E-state index contributed by atoms with van der Waals surface area (Å²) >= 11 is 0. The summed E-state index contributed by atoms with van der Waals surface area (Å²) in [5.74, 6) is -1.88. The van der Waals surface area contributed by atoms with E-state index in [1.54, 1.807) is 24.3 Å². The van der Waals surface area contributed by atoms with Crippen molar-refractivity contribution in [1.82, 2.24) is 0 Å². The molecule has 1 aromatic rings. The fourth-order valence-corrected chi connectivity index (χ4v) is 1.98. The molecule has 1 aromatic carbocycles. The Morgan fingerprint density at radius 1 is 1.32 bits per heavy atom. The van der Waals surface area contributed by atoms with Crippen LogP contribution in [0.25, 0.3) is 0 Å². The molecule has 6 nitrogen and oxygen atoms in total. The first-order valence-electron chi connectivity index (χ1n) is 5.79. The molecule has 1 N–H and O–H groups in total. The van der Waals surface area contributed by atoms with Crippen molar-refractivity contribution in [2.45, 2.75) is 13.3 Å². The zero-order valence-corrected chi connectivity index (χ0v) is 10.3. The number of amides is 1. The molecule has 19 heavy (non-hydrogen) atoms. The summed E-state index contributed by atoms with van der Waals surface area (Å²) in [6, 6.07) is 6.39. The van der Waals surface area contributed by atoms with E-state index in [1.165, 1.54) is 11.8 Å². The number of hydrogen-bond acceptors (Lipinski definition) is 4. The lowest BCUT2D eigenvalue weighted by atomic mass is 10.1. The van der Waals surface area contributed by atoms with Crippen LogP contribution in [-0.2, 0) is 14.4 Å². The number of nitrogens with zero attached hydrogens (tertiary/aromatic N) is 1. The van der Waals surface area contributed by atoms with E-state index in [9.17, 15) is 14.4 Å². The number of anilines is 1. The summed E-state index contributed by atoms with van der Waals surface area (Å²) in [4.78, 5) is 34.8. The zero-order chi connectivity index (χ0) is 14.0. The second-order valence-corrected chi connectivity index (χ2v) is 4.33. The summed E-state index contributed by atoms with van der Waals surface area (Å²) in [5, 5.41) is 8.90. The quantitative estimate of drug-likeness (QED) is 0.651. The highest BCUT2D eigenvalue weighted by atomic mass is 16.5. The van der Waals surface area contributed by atoms with Gasteiger partial charge in [-0.15, -0.1) is 0 Å². The van der Waals surface area contributed by atoms with Crippen LogP contribution in [0, 0.1) is 5.92 Å². The lowest BCUT2D eigenvalue weighted by Gasteiger charge is -2.16. The molecule has 1 saturated heterocycles. The van der Waals surface area contributed by atoms with Crippen LogP contribution in [0.15, 0.2) is 24.3 Å². The minimum absolute atomic E-state index is 0.0149. The summed E-state index contributed by atoms with van der Waals surface area (Å²) in [7, 11) is 0. The van der Waals surface area contributed by atoms with E-state index in [4.69, 9.17) is 9.84 Å². The molecule has 1 fully saturated rings. The number of esters is 1. The van der Waals surface area contributed by atoms with Gasteiger partial charge in [-0.1, -0.05) is 0 Å². The molecule has 0 spiro atoms. The molecule has 0 saturated carbocycles. The van der Waals surface area contributed by atoms with Gasteiger partial charge in [0, 0.05) is 25.6 Å². The third kappa shape index (κ3) is 2.90. The number of carboxylic acid groups (broad SMARTS) is 1. The molecule has 100 valence electrons. The van der Waals surface area contributed by atoms with Crippen LogP contribution < -0.4 is 9.64 Å². The van der Waals surface area contributed by atoms with E-state index in [2.05, 4.69) is 0 Å². The summed E-state index contributed by atoms with van der Waals surface area (Å²) in [6.07, 6.45) is 0.0149. The number of benzene rings is 1. The van der Waals surface area contributed by atoms with E-state index in [-0.39, 0.29) is 18.9 Å². The van der Waals surface area contributed by atoms with Crippen LogP contribution in [0.2, 0.25) is 0 Å². The van der Waals surface area contributed by atoms with Crippen LogP contribution in [-0.4, -0.2) is 29.5 Å². The number of aliphatic carboxylic acids is 1. The predicted molar refractivity (Wildman–Crippen MR) is 65.8 cm³/mol. The number of rotatable bonds is 3. The minimum Gasteiger partial charge on any atom is -0.481 e. The maximum absolute atomic E-state index is 11.7. The average Bonchev–Trinajstić information content (AvgIpc) is 2.72. The van der Waals surface area contributed by atoms with Crippen LogP contribution in [0.3, 0.4) is 0 Å². The van der Waals surface area contributed by atoms with E-state index in [1.807, 2.05) is 0 Å². The molecule has 1 aliphatic heterocycles.